The number of fused-ring (bicyclic) bond motifs is 1. The van der Waals surface area contributed by atoms with Crippen molar-refractivity contribution >= 4 is 0 Å². The molecule has 2 rings (SSSR count). The van der Waals surface area contributed by atoms with Gasteiger partial charge in [-0.1, -0.05) is 13.8 Å². The van der Waals surface area contributed by atoms with Gasteiger partial charge in [-0.25, -0.2) is 4.98 Å². The van der Waals surface area contributed by atoms with E-state index in [1.165, 1.54) is 5.56 Å². The lowest BCUT2D eigenvalue weighted by atomic mass is 10.0. The zero-order valence-electron chi connectivity index (χ0n) is 7.24. The summed E-state index contributed by atoms with van der Waals surface area (Å²) in [4.78, 5) is 4.05. The third-order valence-electron chi connectivity index (χ3n) is 1.99. The molecule has 12 heavy (non-hydrogen) atoms. The molecule has 2 nitrogen and oxygen atoms in total. The summed E-state index contributed by atoms with van der Waals surface area (Å²) < 4.78 is 5.33. The summed E-state index contributed by atoms with van der Waals surface area (Å²) in [5.41, 5.74) is 2.30. The Kier molecular flexibility index (Phi) is 1.61. The van der Waals surface area contributed by atoms with Crippen LogP contribution >= 0.6 is 0 Å². The van der Waals surface area contributed by atoms with E-state index < -0.39 is 0 Å². The van der Waals surface area contributed by atoms with Crippen molar-refractivity contribution in [2.24, 2.45) is 0 Å². The smallest absolute Gasteiger partial charge is 0.225 e. The van der Waals surface area contributed by atoms with Gasteiger partial charge in [0.2, 0.25) is 5.89 Å². The molecule has 0 saturated heterocycles. The van der Waals surface area contributed by atoms with Gasteiger partial charge in [-0.3, -0.25) is 0 Å². The van der Waals surface area contributed by atoms with E-state index in [9.17, 15) is 0 Å². The van der Waals surface area contributed by atoms with Crippen LogP contribution in [0, 0.1) is 0 Å². The highest BCUT2D eigenvalue weighted by Crippen LogP contribution is 2.24. The van der Waals surface area contributed by atoms with Gasteiger partial charge in [-0.15, -0.1) is 0 Å². The predicted molar refractivity (Wildman–Crippen MR) is 47.2 cm³/mol. The fraction of sp³-hybridized carbons (Fsp3) is 0.300. The molecule has 2 heterocycles. The summed E-state index contributed by atoms with van der Waals surface area (Å²) in [6, 6.07) is 4.08. The molecule has 0 fully saturated rings. The molecule has 0 saturated carbocycles. The van der Waals surface area contributed by atoms with E-state index in [4.69, 9.17) is 4.42 Å². The van der Waals surface area contributed by atoms with E-state index in [0.717, 1.165) is 11.5 Å². The van der Waals surface area contributed by atoms with Crippen LogP contribution in [0.4, 0.5) is 0 Å². The molecular weight excluding hydrogens is 150 g/mol. The van der Waals surface area contributed by atoms with E-state index in [-0.39, 0.29) is 0 Å². The van der Waals surface area contributed by atoms with Gasteiger partial charge in [0.05, 0.1) is 6.26 Å². The average molecular weight is 161 g/mol. The monoisotopic (exact) mass is 161 g/mol. The number of hydrogen-bond donors (Lipinski definition) is 0. The molecule has 2 heteroatoms. The molecule has 0 unspecified atom stereocenters. The first-order valence-electron chi connectivity index (χ1n) is 4.10. The van der Waals surface area contributed by atoms with Crippen molar-refractivity contribution in [3.63, 3.8) is 0 Å². The molecule has 0 aromatic carbocycles. The summed E-state index contributed by atoms with van der Waals surface area (Å²) in [6.45, 7) is 4.29. The Balaban J connectivity index is 2.54. The first-order chi connectivity index (χ1) is 5.77. The highest BCUT2D eigenvalue weighted by molar-refractivity contribution is 5.55. The second-order valence-electron chi connectivity index (χ2n) is 3.24. The zero-order valence-corrected chi connectivity index (χ0v) is 7.24. The van der Waals surface area contributed by atoms with Crippen molar-refractivity contribution in [1.29, 1.82) is 0 Å². The van der Waals surface area contributed by atoms with Crippen LogP contribution < -0.4 is 0 Å². The van der Waals surface area contributed by atoms with Gasteiger partial charge in [-0.05, 0) is 23.6 Å². The summed E-state index contributed by atoms with van der Waals surface area (Å²) in [5.74, 6) is 1.23. The van der Waals surface area contributed by atoms with Crippen molar-refractivity contribution in [2.45, 2.75) is 19.8 Å². The Morgan fingerprint density at radius 3 is 3.00 bits per heavy atom. The highest BCUT2D eigenvalue weighted by atomic mass is 16.3. The molecule has 0 spiro atoms. The first kappa shape index (κ1) is 7.35. The topological polar surface area (TPSA) is 26.0 Å². The quantitative estimate of drug-likeness (QED) is 0.642. The lowest BCUT2D eigenvalue weighted by Crippen LogP contribution is -1.87. The molecule has 2 aliphatic rings. The number of nitrogens with zero attached hydrogens (tertiary/aromatic N) is 1. The molecule has 0 amide bonds. The van der Waals surface area contributed by atoms with Crippen LogP contribution in [0.2, 0.25) is 0 Å². The molecule has 0 bridgehead atoms. The summed E-state index contributed by atoms with van der Waals surface area (Å²) >= 11 is 0. The molecule has 2 aliphatic heterocycles. The summed E-state index contributed by atoms with van der Waals surface area (Å²) in [7, 11) is 0. The largest absolute Gasteiger partial charge is 0.446 e. The van der Waals surface area contributed by atoms with E-state index in [1.54, 1.807) is 12.5 Å². The minimum atomic E-state index is 0.507. The molecule has 0 aromatic rings. The maximum absolute atomic E-state index is 5.33. The van der Waals surface area contributed by atoms with Gasteiger partial charge in [0.25, 0.3) is 0 Å². The Morgan fingerprint density at radius 2 is 2.25 bits per heavy atom. The lowest BCUT2D eigenvalue weighted by molar-refractivity contribution is 0.539. The highest BCUT2D eigenvalue weighted by Gasteiger charge is 2.08. The van der Waals surface area contributed by atoms with Gasteiger partial charge in [0.15, 0.2) is 0 Å². The van der Waals surface area contributed by atoms with Gasteiger partial charge in [0.1, 0.15) is 0 Å². The van der Waals surface area contributed by atoms with Gasteiger partial charge in [0, 0.05) is 11.8 Å². The fourth-order valence-electron chi connectivity index (χ4n) is 1.18. The molecule has 0 aliphatic carbocycles. The van der Waals surface area contributed by atoms with E-state index in [2.05, 4.69) is 24.9 Å². The van der Waals surface area contributed by atoms with Gasteiger partial charge < -0.3 is 4.42 Å². The molecule has 62 valence electrons. The molecule has 0 aromatic heterocycles. The normalized spacial score (nSPS) is 11.2. The maximum Gasteiger partial charge on any atom is 0.225 e. The van der Waals surface area contributed by atoms with E-state index in [1.807, 2.05) is 6.07 Å². The van der Waals surface area contributed by atoms with E-state index >= 15 is 0 Å². The van der Waals surface area contributed by atoms with Crippen LogP contribution in [-0.2, 0) is 0 Å². The van der Waals surface area contributed by atoms with Crippen LogP contribution in [0.1, 0.15) is 25.3 Å². The average Bonchev–Trinajstić information content (AvgIpc) is 2.49. The minimum absolute atomic E-state index is 0.507. The molecule has 0 atom stereocenters. The molecule has 0 radical (unpaired) electrons. The van der Waals surface area contributed by atoms with Crippen LogP contribution in [0.25, 0.3) is 11.5 Å². The third kappa shape index (κ3) is 1.09. The molecular formula is C10H11NO. The van der Waals surface area contributed by atoms with Crippen molar-refractivity contribution in [3.8, 4) is 11.5 Å². The van der Waals surface area contributed by atoms with Gasteiger partial charge >= 0.3 is 0 Å². The van der Waals surface area contributed by atoms with Crippen molar-refractivity contribution < 1.29 is 4.42 Å². The summed E-state index contributed by atoms with van der Waals surface area (Å²) in [6.07, 6.45) is 3.54. The van der Waals surface area contributed by atoms with Crippen molar-refractivity contribution in [2.75, 3.05) is 0 Å². The second kappa shape index (κ2) is 2.63. The number of hydrogen-bond acceptors (Lipinski definition) is 2. The Labute approximate surface area is 71.6 Å². The minimum Gasteiger partial charge on any atom is -0.446 e. The second-order valence-corrected chi connectivity index (χ2v) is 3.24. The standard InChI is InChI=1S/C10H11NO/c1-7(2)9-5-8-3-4-11-10(8)12-6-9/h3-7H,1-2H3. The third-order valence-corrected chi connectivity index (χ3v) is 1.99. The lowest BCUT2D eigenvalue weighted by Gasteiger charge is -2.05. The fourth-order valence-corrected chi connectivity index (χ4v) is 1.18. The first-order valence-corrected chi connectivity index (χ1v) is 4.10. The molecule has 0 N–H and O–H groups in total. The number of aromatic nitrogens is 1. The van der Waals surface area contributed by atoms with Crippen molar-refractivity contribution in [3.05, 3.63) is 30.2 Å². The Morgan fingerprint density at radius 1 is 1.42 bits per heavy atom. The maximum atomic E-state index is 5.33. The Bertz CT molecular complexity index is 351. The van der Waals surface area contributed by atoms with Crippen LogP contribution in [0.15, 0.2) is 29.0 Å². The summed E-state index contributed by atoms with van der Waals surface area (Å²) in [5, 5.41) is 0. The van der Waals surface area contributed by atoms with Crippen molar-refractivity contribution in [1.82, 2.24) is 4.98 Å². The van der Waals surface area contributed by atoms with E-state index in [0.29, 0.717) is 5.92 Å². The van der Waals surface area contributed by atoms with Crippen LogP contribution in [0.3, 0.4) is 0 Å². The SMILES string of the molecule is CC(C)c1coc2nccc-2c1. The van der Waals surface area contributed by atoms with Crippen LogP contribution in [0.5, 0.6) is 0 Å². The zero-order chi connectivity index (χ0) is 8.55. The Hall–Kier alpha value is -1.31. The number of rotatable bonds is 1. The predicted octanol–water partition coefficient (Wildman–Crippen LogP) is 2.90. The van der Waals surface area contributed by atoms with Crippen LogP contribution in [-0.4, -0.2) is 4.98 Å². The van der Waals surface area contributed by atoms with Gasteiger partial charge in [-0.2, -0.15) is 0 Å².